The summed E-state index contributed by atoms with van der Waals surface area (Å²) in [6, 6.07) is 16.0. The molecule has 25 heavy (non-hydrogen) atoms. The fourth-order valence-corrected chi connectivity index (χ4v) is 3.30. The van der Waals surface area contributed by atoms with Gasteiger partial charge >= 0.3 is 5.97 Å². The van der Waals surface area contributed by atoms with Crippen LogP contribution in [0.3, 0.4) is 0 Å². The molecule has 3 aromatic rings. The van der Waals surface area contributed by atoms with Gasteiger partial charge in [-0.3, -0.25) is 4.79 Å². The maximum Gasteiger partial charge on any atom is 0.314 e. The van der Waals surface area contributed by atoms with Gasteiger partial charge in [-0.05, 0) is 36.0 Å². The molecule has 1 heterocycles. The smallest absolute Gasteiger partial charge is 0.314 e. The summed E-state index contributed by atoms with van der Waals surface area (Å²) in [5.41, 5.74) is 4.52. The van der Waals surface area contributed by atoms with Gasteiger partial charge in [-0.15, -0.1) is 0 Å². The van der Waals surface area contributed by atoms with E-state index in [0.29, 0.717) is 0 Å². The topological polar surface area (TPSA) is 63.3 Å². The minimum Gasteiger partial charge on any atom is -0.481 e. The van der Waals surface area contributed by atoms with E-state index in [1.165, 1.54) is 0 Å². The number of carboxylic acid groups (broad SMARTS) is 1. The standard InChI is InChI=1S/C21H19NO3/c1-2-14-13-22-25-19(14)17-5-3-15(4-6-17)16-7-9-18(10-8-16)21(11-12-21)20(23)24/h3-10,13H,2,11-12H2,1H3,(H,23,24). The van der Waals surface area contributed by atoms with E-state index in [-0.39, 0.29) is 0 Å². The molecule has 1 aliphatic rings. The molecule has 4 nitrogen and oxygen atoms in total. The first kappa shape index (κ1) is 15.6. The number of nitrogens with zero attached hydrogens (tertiary/aromatic N) is 1. The predicted molar refractivity (Wildman–Crippen MR) is 95.3 cm³/mol. The summed E-state index contributed by atoms with van der Waals surface area (Å²) in [6.45, 7) is 2.08. The second kappa shape index (κ2) is 5.88. The van der Waals surface area contributed by atoms with E-state index < -0.39 is 11.4 Å². The number of carboxylic acids is 1. The average Bonchev–Trinajstić information content (AvgIpc) is 3.33. The highest BCUT2D eigenvalue weighted by atomic mass is 16.5. The lowest BCUT2D eigenvalue weighted by atomic mass is 9.93. The van der Waals surface area contributed by atoms with Gasteiger partial charge in [-0.25, -0.2) is 0 Å². The molecule has 1 aliphatic carbocycles. The van der Waals surface area contributed by atoms with Crippen LogP contribution in [0.4, 0.5) is 0 Å². The van der Waals surface area contributed by atoms with Crippen molar-refractivity contribution in [2.24, 2.45) is 0 Å². The lowest BCUT2D eigenvalue weighted by molar-refractivity contribution is -0.140. The molecular formula is C21H19NO3. The second-order valence-corrected chi connectivity index (χ2v) is 6.58. The molecule has 0 radical (unpaired) electrons. The Morgan fingerprint density at radius 3 is 2.12 bits per heavy atom. The Morgan fingerprint density at radius 1 is 1.04 bits per heavy atom. The van der Waals surface area contributed by atoms with Gasteiger partial charge in [0.2, 0.25) is 0 Å². The second-order valence-electron chi connectivity index (χ2n) is 6.58. The third kappa shape index (κ3) is 2.64. The molecule has 1 fully saturated rings. The number of carbonyl (C=O) groups is 1. The van der Waals surface area contributed by atoms with Crippen LogP contribution in [-0.4, -0.2) is 16.2 Å². The molecule has 2 aromatic carbocycles. The molecule has 0 bridgehead atoms. The van der Waals surface area contributed by atoms with Crippen LogP contribution in [0.25, 0.3) is 22.5 Å². The number of benzene rings is 2. The molecule has 4 heteroatoms. The Kier molecular flexibility index (Phi) is 3.68. The minimum atomic E-state index is -0.719. The van der Waals surface area contributed by atoms with Crippen LogP contribution in [0.2, 0.25) is 0 Å². The summed E-state index contributed by atoms with van der Waals surface area (Å²) in [5.74, 6) is 0.102. The van der Waals surface area contributed by atoms with E-state index in [9.17, 15) is 9.90 Å². The van der Waals surface area contributed by atoms with Crippen LogP contribution in [0, 0.1) is 0 Å². The van der Waals surface area contributed by atoms with Crippen LogP contribution >= 0.6 is 0 Å². The van der Waals surface area contributed by atoms with E-state index >= 15 is 0 Å². The molecule has 0 unspecified atom stereocenters. The van der Waals surface area contributed by atoms with Crippen molar-refractivity contribution in [3.63, 3.8) is 0 Å². The zero-order valence-electron chi connectivity index (χ0n) is 14.0. The number of hydrogen-bond acceptors (Lipinski definition) is 3. The molecule has 4 rings (SSSR count). The van der Waals surface area contributed by atoms with Crippen molar-refractivity contribution in [1.29, 1.82) is 0 Å². The van der Waals surface area contributed by atoms with Crippen LogP contribution in [0.1, 0.15) is 30.9 Å². The Balaban J connectivity index is 1.59. The SMILES string of the molecule is CCc1cnoc1-c1ccc(-c2ccc(C3(C(=O)O)CC3)cc2)cc1. The molecule has 0 spiro atoms. The molecule has 1 saturated carbocycles. The highest BCUT2D eigenvalue weighted by molar-refractivity contribution is 5.85. The van der Waals surface area contributed by atoms with E-state index in [1.54, 1.807) is 6.20 Å². The fourth-order valence-electron chi connectivity index (χ4n) is 3.30. The van der Waals surface area contributed by atoms with Crippen LogP contribution in [-0.2, 0) is 16.6 Å². The molecule has 1 N–H and O–H groups in total. The van der Waals surface area contributed by atoms with Crippen molar-refractivity contribution >= 4 is 5.97 Å². The van der Waals surface area contributed by atoms with E-state index in [4.69, 9.17) is 4.52 Å². The van der Waals surface area contributed by atoms with Crippen molar-refractivity contribution in [3.8, 4) is 22.5 Å². The Bertz CT molecular complexity index is 903. The zero-order chi connectivity index (χ0) is 17.4. The molecule has 0 aliphatic heterocycles. The Hall–Kier alpha value is -2.88. The molecule has 0 saturated heterocycles. The van der Waals surface area contributed by atoms with Crippen LogP contribution in [0.15, 0.2) is 59.3 Å². The fraction of sp³-hybridized carbons (Fsp3) is 0.238. The first-order valence-electron chi connectivity index (χ1n) is 8.52. The van der Waals surface area contributed by atoms with Crippen molar-refractivity contribution in [2.45, 2.75) is 31.6 Å². The maximum absolute atomic E-state index is 11.4. The minimum absolute atomic E-state index is 0.648. The molecular weight excluding hydrogens is 314 g/mol. The van der Waals surface area contributed by atoms with Gasteiger partial charge in [0.15, 0.2) is 5.76 Å². The predicted octanol–water partition coefficient (Wildman–Crippen LogP) is 4.69. The number of hydrogen-bond donors (Lipinski definition) is 1. The number of aliphatic carboxylic acids is 1. The van der Waals surface area contributed by atoms with Crippen molar-refractivity contribution < 1.29 is 14.4 Å². The van der Waals surface area contributed by atoms with E-state index in [0.717, 1.165) is 52.8 Å². The molecule has 0 amide bonds. The number of rotatable bonds is 5. The van der Waals surface area contributed by atoms with Crippen LogP contribution < -0.4 is 0 Å². The normalized spacial score (nSPS) is 15.1. The Labute approximate surface area is 146 Å². The average molecular weight is 333 g/mol. The number of aromatic nitrogens is 1. The van der Waals surface area contributed by atoms with Gasteiger partial charge in [-0.2, -0.15) is 0 Å². The lowest BCUT2D eigenvalue weighted by Crippen LogP contribution is -2.19. The van der Waals surface area contributed by atoms with Gasteiger partial charge in [0.05, 0.1) is 11.6 Å². The van der Waals surface area contributed by atoms with Gasteiger partial charge < -0.3 is 9.63 Å². The highest BCUT2D eigenvalue weighted by Gasteiger charge is 2.51. The van der Waals surface area contributed by atoms with Gasteiger partial charge in [-0.1, -0.05) is 60.6 Å². The van der Waals surface area contributed by atoms with Crippen molar-refractivity contribution in [2.75, 3.05) is 0 Å². The third-order valence-electron chi connectivity index (χ3n) is 5.10. The summed E-state index contributed by atoms with van der Waals surface area (Å²) in [5, 5.41) is 13.3. The van der Waals surface area contributed by atoms with Crippen LogP contribution in [0.5, 0.6) is 0 Å². The lowest BCUT2D eigenvalue weighted by Gasteiger charge is -2.11. The quantitative estimate of drug-likeness (QED) is 0.736. The zero-order valence-corrected chi connectivity index (χ0v) is 14.0. The maximum atomic E-state index is 11.4. The molecule has 0 atom stereocenters. The van der Waals surface area contributed by atoms with Gasteiger partial charge in [0.25, 0.3) is 0 Å². The third-order valence-corrected chi connectivity index (χ3v) is 5.10. The van der Waals surface area contributed by atoms with Gasteiger partial charge in [0.1, 0.15) is 0 Å². The first-order valence-corrected chi connectivity index (χ1v) is 8.52. The number of aryl methyl sites for hydroxylation is 1. The summed E-state index contributed by atoms with van der Waals surface area (Å²) >= 11 is 0. The van der Waals surface area contributed by atoms with E-state index in [2.05, 4.69) is 24.2 Å². The summed E-state index contributed by atoms with van der Waals surface area (Å²) in [6.07, 6.45) is 4.10. The van der Waals surface area contributed by atoms with Crippen molar-refractivity contribution in [1.82, 2.24) is 5.16 Å². The summed E-state index contributed by atoms with van der Waals surface area (Å²) in [4.78, 5) is 11.4. The summed E-state index contributed by atoms with van der Waals surface area (Å²) < 4.78 is 5.36. The van der Waals surface area contributed by atoms with Crippen molar-refractivity contribution in [3.05, 3.63) is 65.9 Å². The Morgan fingerprint density at radius 2 is 1.60 bits per heavy atom. The molecule has 126 valence electrons. The first-order chi connectivity index (χ1) is 12.1. The van der Waals surface area contributed by atoms with E-state index in [1.807, 2.05) is 36.4 Å². The monoisotopic (exact) mass is 333 g/mol. The largest absolute Gasteiger partial charge is 0.481 e. The summed E-state index contributed by atoms with van der Waals surface area (Å²) in [7, 11) is 0. The highest BCUT2D eigenvalue weighted by Crippen LogP contribution is 2.48. The van der Waals surface area contributed by atoms with Gasteiger partial charge in [0, 0.05) is 11.1 Å². The molecule has 1 aromatic heterocycles.